The number of benzene rings is 1. The zero-order chi connectivity index (χ0) is 14.8. The zero-order valence-corrected chi connectivity index (χ0v) is 14.2. The van der Waals surface area contributed by atoms with E-state index in [-0.39, 0.29) is 0 Å². The van der Waals surface area contributed by atoms with Gasteiger partial charge in [0.25, 0.3) is 0 Å². The van der Waals surface area contributed by atoms with E-state index in [2.05, 4.69) is 33.2 Å². The van der Waals surface area contributed by atoms with Gasteiger partial charge in [-0.1, -0.05) is 34.5 Å². The van der Waals surface area contributed by atoms with Gasteiger partial charge in [-0.3, -0.25) is 0 Å². The molecule has 0 fully saturated rings. The van der Waals surface area contributed by atoms with Crippen LogP contribution >= 0.6 is 27.5 Å². The van der Waals surface area contributed by atoms with Crippen LogP contribution in [0.15, 0.2) is 28.9 Å². The molecule has 21 heavy (non-hydrogen) atoms. The normalized spacial score (nSPS) is 17.6. The van der Waals surface area contributed by atoms with E-state index in [9.17, 15) is 0 Å². The molecule has 1 heterocycles. The first-order valence-corrected chi connectivity index (χ1v) is 8.40. The molecule has 1 atom stereocenters. The van der Waals surface area contributed by atoms with E-state index in [0.717, 1.165) is 41.5 Å². The number of nitrogens with one attached hydrogen (secondary N) is 1. The summed E-state index contributed by atoms with van der Waals surface area (Å²) in [7, 11) is 0. The van der Waals surface area contributed by atoms with E-state index in [1.807, 2.05) is 24.4 Å². The second-order valence-corrected chi connectivity index (χ2v) is 6.55. The molecule has 2 aromatic rings. The number of aromatic nitrogens is 2. The van der Waals surface area contributed by atoms with Crippen LogP contribution in [0.3, 0.4) is 0 Å². The zero-order valence-electron chi connectivity index (χ0n) is 11.9. The third kappa shape index (κ3) is 3.12. The molecule has 0 spiro atoms. The minimum absolute atomic E-state index is 0.380. The van der Waals surface area contributed by atoms with Crippen LogP contribution in [0.1, 0.15) is 37.1 Å². The predicted octanol–water partition coefficient (Wildman–Crippen LogP) is 4.55. The summed E-state index contributed by atoms with van der Waals surface area (Å²) in [6, 6.07) is 6.14. The van der Waals surface area contributed by atoms with Gasteiger partial charge in [-0.2, -0.15) is 0 Å². The summed E-state index contributed by atoms with van der Waals surface area (Å²) in [6.45, 7) is 3.09. The summed E-state index contributed by atoms with van der Waals surface area (Å²) in [4.78, 5) is 9.30. The maximum absolute atomic E-state index is 6.28. The Balaban J connectivity index is 2.01. The molecule has 0 bridgehead atoms. The average Bonchev–Trinajstić information content (AvgIpc) is 2.50. The van der Waals surface area contributed by atoms with E-state index >= 15 is 0 Å². The molecular formula is C16H17BrClN3. The Kier molecular flexibility index (Phi) is 4.57. The molecule has 3 rings (SSSR count). The third-order valence-electron chi connectivity index (χ3n) is 3.80. The van der Waals surface area contributed by atoms with Gasteiger partial charge < -0.3 is 5.32 Å². The number of halogens is 2. The second-order valence-electron chi connectivity index (χ2n) is 5.22. The van der Waals surface area contributed by atoms with Gasteiger partial charge in [-0.25, -0.2) is 9.97 Å². The largest absolute Gasteiger partial charge is 0.310 e. The van der Waals surface area contributed by atoms with Crippen LogP contribution in [0.25, 0.3) is 11.4 Å². The van der Waals surface area contributed by atoms with Gasteiger partial charge in [0.15, 0.2) is 5.82 Å². The number of hydrogen-bond acceptors (Lipinski definition) is 3. The van der Waals surface area contributed by atoms with Gasteiger partial charge in [0.1, 0.15) is 0 Å². The number of fused-ring (bicyclic) bond motifs is 1. The van der Waals surface area contributed by atoms with Gasteiger partial charge in [0.2, 0.25) is 0 Å². The first-order chi connectivity index (χ1) is 10.2. The van der Waals surface area contributed by atoms with E-state index in [1.165, 1.54) is 5.56 Å². The van der Waals surface area contributed by atoms with Crippen LogP contribution in [0.5, 0.6) is 0 Å². The Morgan fingerprint density at radius 3 is 3.10 bits per heavy atom. The highest BCUT2D eigenvalue weighted by Gasteiger charge is 2.22. The summed E-state index contributed by atoms with van der Waals surface area (Å²) in [5.74, 6) is 0.706. The first kappa shape index (κ1) is 14.9. The van der Waals surface area contributed by atoms with Gasteiger partial charge >= 0.3 is 0 Å². The fourth-order valence-corrected chi connectivity index (χ4v) is 3.37. The molecular weight excluding hydrogens is 350 g/mol. The highest BCUT2D eigenvalue weighted by molar-refractivity contribution is 9.10. The molecule has 1 aliphatic rings. The molecule has 110 valence electrons. The average molecular weight is 367 g/mol. The van der Waals surface area contributed by atoms with Crippen LogP contribution in [0, 0.1) is 0 Å². The Bertz CT molecular complexity index is 660. The molecule has 1 aliphatic carbocycles. The van der Waals surface area contributed by atoms with E-state index in [4.69, 9.17) is 16.6 Å². The molecule has 1 N–H and O–H groups in total. The lowest BCUT2D eigenvalue weighted by atomic mass is 9.92. The molecule has 5 heteroatoms. The van der Waals surface area contributed by atoms with Crippen molar-refractivity contribution in [2.24, 2.45) is 0 Å². The molecule has 0 saturated heterocycles. The summed E-state index contributed by atoms with van der Waals surface area (Å²) < 4.78 is 0.980. The molecule has 1 unspecified atom stereocenters. The van der Waals surface area contributed by atoms with Crippen molar-refractivity contribution < 1.29 is 0 Å². The fourth-order valence-electron chi connectivity index (χ4n) is 2.80. The van der Waals surface area contributed by atoms with Crippen molar-refractivity contribution in [3.8, 4) is 11.4 Å². The van der Waals surface area contributed by atoms with Crippen molar-refractivity contribution >= 4 is 27.5 Å². The van der Waals surface area contributed by atoms with Crippen molar-refractivity contribution in [2.45, 2.75) is 32.2 Å². The summed E-state index contributed by atoms with van der Waals surface area (Å²) in [5, 5.41) is 4.18. The minimum Gasteiger partial charge on any atom is -0.310 e. The fraction of sp³-hybridized carbons (Fsp3) is 0.375. The lowest BCUT2D eigenvalue weighted by molar-refractivity contribution is 0.464. The SMILES string of the molecule is CCNC1CCCc2nc(-c3cc(Br)ccc3Cl)ncc21. The lowest BCUT2D eigenvalue weighted by Crippen LogP contribution is -2.25. The van der Waals surface area contributed by atoms with Crippen LogP contribution in [-0.4, -0.2) is 16.5 Å². The Morgan fingerprint density at radius 1 is 1.43 bits per heavy atom. The van der Waals surface area contributed by atoms with Crippen molar-refractivity contribution in [3.05, 3.63) is 45.1 Å². The molecule has 1 aromatic heterocycles. The molecule has 0 radical (unpaired) electrons. The van der Waals surface area contributed by atoms with Crippen LogP contribution in [0.4, 0.5) is 0 Å². The Hall–Kier alpha value is -0.970. The van der Waals surface area contributed by atoms with Crippen molar-refractivity contribution in [1.82, 2.24) is 15.3 Å². The molecule has 0 saturated carbocycles. The second kappa shape index (κ2) is 6.42. The highest BCUT2D eigenvalue weighted by atomic mass is 79.9. The number of aryl methyl sites for hydroxylation is 1. The summed E-state index contributed by atoms with van der Waals surface area (Å²) in [6.07, 6.45) is 5.29. The van der Waals surface area contributed by atoms with E-state index in [1.54, 1.807) is 0 Å². The van der Waals surface area contributed by atoms with Crippen LogP contribution < -0.4 is 5.32 Å². The number of hydrogen-bond donors (Lipinski definition) is 1. The summed E-state index contributed by atoms with van der Waals surface area (Å²) in [5.41, 5.74) is 3.26. The molecule has 0 amide bonds. The topological polar surface area (TPSA) is 37.8 Å². The minimum atomic E-state index is 0.380. The number of rotatable bonds is 3. The molecule has 3 nitrogen and oxygen atoms in total. The van der Waals surface area contributed by atoms with Gasteiger partial charge in [-0.15, -0.1) is 0 Å². The van der Waals surface area contributed by atoms with Gasteiger partial charge in [0, 0.05) is 33.5 Å². The quantitative estimate of drug-likeness (QED) is 0.866. The van der Waals surface area contributed by atoms with E-state index < -0.39 is 0 Å². The molecule has 0 aliphatic heterocycles. The predicted molar refractivity (Wildman–Crippen MR) is 89.5 cm³/mol. The van der Waals surface area contributed by atoms with E-state index in [0.29, 0.717) is 16.9 Å². The Labute approximate surface area is 138 Å². The standard InChI is InChI=1S/C16H17BrClN3/c1-2-19-14-4-3-5-15-12(14)9-20-16(21-15)11-8-10(17)6-7-13(11)18/h6-9,14,19H,2-5H2,1H3. The van der Waals surface area contributed by atoms with Crippen molar-refractivity contribution in [1.29, 1.82) is 0 Å². The smallest absolute Gasteiger partial charge is 0.160 e. The monoisotopic (exact) mass is 365 g/mol. The van der Waals surface area contributed by atoms with Gasteiger partial charge in [-0.05, 0) is 44.0 Å². The summed E-state index contributed by atoms with van der Waals surface area (Å²) >= 11 is 9.75. The Morgan fingerprint density at radius 2 is 2.29 bits per heavy atom. The lowest BCUT2D eigenvalue weighted by Gasteiger charge is -2.25. The molecule has 1 aromatic carbocycles. The maximum Gasteiger partial charge on any atom is 0.160 e. The highest BCUT2D eigenvalue weighted by Crippen LogP contribution is 2.32. The first-order valence-electron chi connectivity index (χ1n) is 7.23. The number of nitrogens with zero attached hydrogens (tertiary/aromatic N) is 2. The van der Waals surface area contributed by atoms with Crippen LogP contribution in [-0.2, 0) is 6.42 Å². The van der Waals surface area contributed by atoms with Gasteiger partial charge in [0.05, 0.1) is 5.02 Å². The maximum atomic E-state index is 6.28. The van der Waals surface area contributed by atoms with Crippen LogP contribution in [0.2, 0.25) is 5.02 Å². The third-order valence-corrected chi connectivity index (χ3v) is 4.62. The van der Waals surface area contributed by atoms with Crippen molar-refractivity contribution in [2.75, 3.05) is 6.54 Å². The van der Waals surface area contributed by atoms with Crippen molar-refractivity contribution in [3.63, 3.8) is 0 Å².